The van der Waals surface area contributed by atoms with Gasteiger partial charge >= 0.3 is 18.1 Å². The van der Waals surface area contributed by atoms with Crippen molar-refractivity contribution in [3.8, 4) is 23.0 Å². The number of esters is 1. The first-order chi connectivity index (χ1) is 14.9. The molecule has 0 fully saturated rings. The minimum absolute atomic E-state index is 0.192. The Hall–Kier alpha value is -3.15. The molecule has 0 aliphatic carbocycles. The molecule has 0 radical (unpaired) electrons. The van der Waals surface area contributed by atoms with Gasteiger partial charge in [0.2, 0.25) is 0 Å². The number of ether oxygens (including phenoxy) is 5. The predicted molar refractivity (Wildman–Crippen MR) is 110 cm³/mol. The molecule has 0 aliphatic heterocycles. The van der Waals surface area contributed by atoms with E-state index in [2.05, 4.69) is 30.1 Å². The standard InChI is InChI=1S/C10H11BrO4.C10H9F3O4/c1-13-8-5-9(14-2)7(11)4-6(8)10(12)15-3;1-16-7-4-8(17-2)6(10(11,12)13)3-5(7)9(14)15/h4-5H,1-3H3;3-4H,1-2H3,(H,14,15). The second-order valence-corrected chi connectivity index (χ2v) is 6.59. The van der Waals surface area contributed by atoms with E-state index in [1.54, 1.807) is 12.1 Å². The number of carbonyl (C=O) groups is 2. The third-order valence-corrected chi connectivity index (χ3v) is 4.56. The van der Waals surface area contributed by atoms with Gasteiger partial charge < -0.3 is 28.8 Å². The Morgan fingerprint density at radius 3 is 1.66 bits per heavy atom. The Balaban J connectivity index is 0.000000323. The third kappa shape index (κ3) is 6.42. The van der Waals surface area contributed by atoms with Crippen LogP contribution in [0.4, 0.5) is 13.2 Å². The summed E-state index contributed by atoms with van der Waals surface area (Å²) in [6.45, 7) is 0. The molecule has 0 spiro atoms. The Bertz CT molecular complexity index is 976. The number of hydrogen-bond acceptors (Lipinski definition) is 7. The molecule has 0 aliphatic rings. The van der Waals surface area contributed by atoms with Gasteiger partial charge in [-0.1, -0.05) is 0 Å². The maximum atomic E-state index is 12.6. The quantitative estimate of drug-likeness (QED) is 0.544. The second-order valence-electron chi connectivity index (χ2n) is 5.73. The van der Waals surface area contributed by atoms with Crippen LogP contribution in [0, 0.1) is 0 Å². The molecule has 0 amide bonds. The van der Waals surface area contributed by atoms with Crippen LogP contribution in [-0.4, -0.2) is 52.6 Å². The fourth-order valence-electron chi connectivity index (χ4n) is 2.42. The number of benzene rings is 2. The van der Waals surface area contributed by atoms with Crippen LogP contribution in [0.15, 0.2) is 28.7 Å². The van der Waals surface area contributed by atoms with Gasteiger partial charge in [-0.25, -0.2) is 9.59 Å². The van der Waals surface area contributed by atoms with Crippen molar-refractivity contribution in [2.45, 2.75) is 6.18 Å². The van der Waals surface area contributed by atoms with Gasteiger partial charge in [0.05, 0.1) is 45.6 Å². The van der Waals surface area contributed by atoms with Crippen molar-refractivity contribution in [3.63, 3.8) is 0 Å². The molecule has 0 saturated carbocycles. The summed E-state index contributed by atoms with van der Waals surface area (Å²) in [5.41, 5.74) is -1.37. The zero-order valence-corrected chi connectivity index (χ0v) is 19.2. The van der Waals surface area contributed by atoms with Gasteiger partial charge in [-0.2, -0.15) is 13.2 Å². The maximum Gasteiger partial charge on any atom is 0.419 e. The van der Waals surface area contributed by atoms with Gasteiger partial charge in [0, 0.05) is 12.1 Å². The lowest BCUT2D eigenvalue weighted by atomic mass is 10.1. The lowest BCUT2D eigenvalue weighted by Crippen LogP contribution is -2.11. The molecule has 2 aromatic carbocycles. The summed E-state index contributed by atoms with van der Waals surface area (Å²) >= 11 is 3.28. The lowest BCUT2D eigenvalue weighted by Gasteiger charge is -2.14. The number of carboxylic acids is 1. The van der Waals surface area contributed by atoms with Crippen molar-refractivity contribution in [1.29, 1.82) is 0 Å². The Morgan fingerprint density at radius 1 is 0.781 bits per heavy atom. The van der Waals surface area contributed by atoms with E-state index in [1.807, 2.05) is 0 Å². The fourth-order valence-corrected chi connectivity index (χ4v) is 2.92. The number of methoxy groups -OCH3 is 5. The number of hydrogen-bond donors (Lipinski definition) is 1. The first-order valence-corrected chi connectivity index (χ1v) is 9.30. The van der Waals surface area contributed by atoms with E-state index in [-0.39, 0.29) is 5.75 Å². The highest BCUT2D eigenvalue weighted by molar-refractivity contribution is 9.10. The molecule has 0 bridgehead atoms. The number of aromatic carboxylic acids is 1. The Kier molecular flexibility index (Phi) is 9.63. The number of halogens is 4. The van der Waals surface area contributed by atoms with Crippen molar-refractivity contribution in [2.75, 3.05) is 35.5 Å². The summed E-state index contributed by atoms with van der Waals surface area (Å²) in [5, 5.41) is 8.76. The molecule has 2 aromatic rings. The normalized spacial score (nSPS) is 10.4. The van der Waals surface area contributed by atoms with Crippen LogP contribution < -0.4 is 18.9 Å². The molecule has 8 nitrogen and oxygen atoms in total. The van der Waals surface area contributed by atoms with E-state index >= 15 is 0 Å². The summed E-state index contributed by atoms with van der Waals surface area (Å²) in [7, 11) is 6.56. The summed E-state index contributed by atoms with van der Waals surface area (Å²) in [4.78, 5) is 22.2. The fraction of sp³-hybridized carbons (Fsp3) is 0.300. The minimum atomic E-state index is -4.69. The number of alkyl halides is 3. The monoisotopic (exact) mass is 524 g/mol. The van der Waals surface area contributed by atoms with Gasteiger partial charge in [-0.3, -0.25) is 0 Å². The zero-order chi connectivity index (χ0) is 24.6. The average Bonchev–Trinajstić information content (AvgIpc) is 2.76. The van der Waals surface area contributed by atoms with Crippen LogP contribution in [0.1, 0.15) is 26.3 Å². The van der Waals surface area contributed by atoms with Crippen LogP contribution in [0.2, 0.25) is 0 Å². The summed E-state index contributed by atoms with van der Waals surface area (Å²) < 4.78 is 62.5. The maximum absolute atomic E-state index is 12.6. The van der Waals surface area contributed by atoms with Gasteiger partial charge in [0.1, 0.15) is 34.1 Å². The highest BCUT2D eigenvalue weighted by Gasteiger charge is 2.36. The van der Waals surface area contributed by atoms with E-state index in [0.717, 1.165) is 20.3 Å². The molecule has 0 heterocycles. The molecule has 0 saturated heterocycles. The molecular formula is C20H20BrF3O8. The van der Waals surface area contributed by atoms with Gasteiger partial charge in [0.25, 0.3) is 0 Å². The summed E-state index contributed by atoms with van der Waals surface area (Å²) in [6, 6.07) is 4.60. The molecular weight excluding hydrogens is 505 g/mol. The minimum Gasteiger partial charge on any atom is -0.496 e. The second kappa shape index (κ2) is 11.5. The summed E-state index contributed by atoms with van der Waals surface area (Å²) in [5.74, 6) is -1.62. The zero-order valence-electron chi connectivity index (χ0n) is 17.6. The van der Waals surface area contributed by atoms with E-state index in [4.69, 9.17) is 14.6 Å². The first-order valence-electron chi connectivity index (χ1n) is 8.51. The van der Waals surface area contributed by atoms with Gasteiger partial charge in [0.15, 0.2) is 0 Å². The molecule has 2 rings (SSSR count). The molecule has 12 heteroatoms. The van der Waals surface area contributed by atoms with Crippen LogP contribution in [0.3, 0.4) is 0 Å². The highest BCUT2D eigenvalue weighted by Crippen LogP contribution is 2.40. The first kappa shape index (κ1) is 26.9. The van der Waals surface area contributed by atoms with Crippen molar-refractivity contribution >= 4 is 27.9 Å². The van der Waals surface area contributed by atoms with Crippen LogP contribution in [0.25, 0.3) is 0 Å². The molecule has 0 aromatic heterocycles. The Labute approximate surface area is 189 Å². The topological polar surface area (TPSA) is 101 Å². The number of rotatable bonds is 6. The van der Waals surface area contributed by atoms with Crippen molar-refractivity contribution < 1.29 is 51.6 Å². The lowest BCUT2D eigenvalue weighted by molar-refractivity contribution is -0.138. The van der Waals surface area contributed by atoms with Crippen LogP contribution >= 0.6 is 15.9 Å². The number of carbonyl (C=O) groups excluding carboxylic acids is 1. The molecule has 1 N–H and O–H groups in total. The largest absolute Gasteiger partial charge is 0.496 e. The van der Waals surface area contributed by atoms with Crippen LogP contribution in [0.5, 0.6) is 23.0 Å². The molecule has 0 unspecified atom stereocenters. The smallest absolute Gasteiger partial charge is 0.419 e. The van der Waals surface area contributed by atoms with E-state index in [9.17, 15) is 22.8 Å². The van der Waals surface area contributed by atoms with E-state index in [0.29, 0.717) is 27.6 Å². The van der Waals surface area contributed by atoms with Gasteiger partial charge in [-0.15, -0.1) is 0 Å². The van der Waals surface area contributed by atoms with E-state index < -0.39 is 35.0 Å². The molecule has 32 heavy (non-hydrogen) atoms. The average molecular weight is 525 g/mol. The van der Waals surface area contributed by atoms with Crippen molar-refractivity contribution in [2.24, 2.45) is 0 Å². The number of carboxylic acid groups (broad SMARTS) is 1. The highest BCUT2D eigenvalue weighted by atomic mass is 79.9. The van der Waals surface area contributed by atoms with Crippen molar-refractivity contribution in [3.05, 3.63) is 45.4 Å². The Morgan fingerprint density at radius 2 is 1.25 bits per heavy atom. The van der Waals surface area contributed by atoms with Gasteiger partial charge in [-0.05, 0) is 28.1 Å². The van der Waals surface area contributed by atoms with Crippen molar-refractivity contribution in [1.82, 2.24) is 0 Å². The van der Waals surface area contributed by atoms with E-state index in [1.165, 1.54) is 21.3 Å². The third-order valence-electron chi connectivity index (χ3n) is 3.94. The molecule has 0 atom stereocenters. The summed E-state index contributed by atoms with van der Waals surface area (Å²) in [6.07, 6.45) is -4.69. The predicted octanol–water partition coefficient (Wildman–Crippen LogP) is 4.67. The van der Waals surface area contributed by atoms with Crippen LogP contribution in [-0.2, 0) is 10.9 Å². The SMILES string of the molecule is COC(=O)c1cc(Br)c(OC)cc1OC.COc1cc(OC)c(C(F)(F)F)cc1C(=O)O. The molecule has 176 valence electrons.